The summed E-state index contributed by atoms with van der Waals surface area (Å²) in [5, 5.41) is 33.4. The van der Waals surface area contributed by atoms with Gasteiger partial charge >= 0.3 is 12.1 Å². The first-order valence-electron chi connectivity index (χ1n) is 10.0. The predicted octanol–water partition coefficient (Wildman–Crippen LogP) is 4.88. The zero-order valence-electron chi connectivity index (χ0n) is 17.9. The van der Waals surface area contributed by atoms with Gasteiger partial charge in [0.15, 0.2) is 0 Å². The molecule has 0 spiro atoms. The van der Waals surface area contributed by atoms with Crippen LogP contribution >= 0.6 is 11.8 Å². The van der Waals surface area contributed by atoms with Crippen molar-refractivity contribution in [2.75, 3.05) is 17.2 Å². The lowest BCUT2D eigenvalue weighted by Crippen LogP contribution is -2.21. The van der Waals surface area contributed by atoms with Crippen molar-refractivity contribution in [3.05, 3.63) is 77.1 Å². The van der Waals surface area contributed by atoms with Gasteiger partial charge in [-0.25, -0.2) is 14.8 Å². The van der Waals surface area contributed by atoms with Crippen molar-refractivity contribution < 1.29 is 28.2 Å². The molecule has 0 aliphatic carbocycles. The monoisotopic (exact) mass is 501 g/mol. The topological polar surface area (TPSA) is 131 Å². The summed E-state index contributed by atoms with van der Waals surface area (Å²) in [6, 6.07) is 19.0. The zero-order chi connectivity index (χ0) is 25.4. The number of aromatic hydroxyl groups is 1. The van der Waals surface area contributed by atoms with Gasteiger partial charge in [0.2, 0.25) is 5.95 Å². The lowest BCUT2D eigenvalue weighted by atomic mass is 10.1. The minimum atomic E-state index is -5.08. The number of carboxylic acid groups (broad SMARTS) is 1. The van der Waals surface area contributed by atoms with Crippen LogP contribution in [0.2, 0.25) is 0 Å². The van der Waals surface area contributed by atoms with Gasteiger partial charge in [-0.05, 0) is 42.3 Å². The van der Waals surface area contributed by atoms with E-state index in [-0.39, 0.29) is 5.75 Å². The van der Waals surface area contributed by atoms with Crippen molar-refractivity contribution in [2.24, 2.45) is 0 Å². The van der Waals surface area contributed by atoms with Crippen LogP contribution in [0.3, 0.4) is 0 Å². The number of benzene rings is 2. The summed E-state index contributed by atoms with van der Waals surface area (Å²) in [5.41, 5.74) is 3.17. The molecule has 1 aliphatic rings. The average molecular weight is 501 g/mol. The van der Waals surface area contributed by atoms with E-state index in [2.05, 4.69) is 26.7 Å². The Morgan fingerprint density at radius 2 is 1.83 bits per heavy atom. The van der Waals surface area contributed by atoms with Crippen LogP contribution in [0.25, 0.3) is 5.57 Å². The van der Waals surface area contributed by atoms with Gasteiger partial charge in [-0.15, -0.1) is 0 Å². The molecule has 0 radical (unpaired) electrons. The van der Waals surface area contributed by atoms with Crippen molar-refractivity contribution in [1.82, 2.24) is 9.97 Å². The van der Waals surface area contributed by atoms with Crippen molar-refractivity contribution in [2.45, 2.75) is 17.5 Å². The molecular weight excluding hydrogens is 483 g/mol. The number of alkyl halides is 3. The number of hydrogen-bond acceptors (Lipinski definition) is 8. The van der Waals surface area contributed by atoms with E-state index in [4.69, 9.17) is 9.90 Å². The highest BCUT2D eigenvalue weighted by molar-refractivity contribution is 8.04. The molecule has 0 saturated heterocycles. The Morgan fingerprint density at radius 1 is 1.14 bits per heavy atom. The van der Waals surface area contributed by atoms with Gasteiger partial charge in [0.25, 0.3) is 0 Å². The van der Waals surface area contributed by atoms with E-state index in [9.17, 15) is 23.5 Å². The van der Waals surface area contributed by atoms with E-state index >= 15 is 0 Å². The Bertz CT molecular complexity index is 1250. The first kappa shape index (κ1) is 25.4. The second-order valence-corrected chi connectivity index (χ2v) is 8.00. The van der Waals surface area contributed by atoms with E-state index in [0.29, 0.717) is 23.8 Å². The fourth-order valence-electron chi connectivity index (χ4n) is 2.82. The number of phenols is 1. The fourth-order valence-corrected chi connectivity index (χ4v) is 3.83. The van der Waals surface area contributed by atoms with Gasteiger partial charge in [-0.2, -0.15) is 18.4 Å². The Kier molecular flexibility index (Phi) is 8.17. The first-order chi connectivity index (χ1) is 16.7. The Morgan fingerprint density at radius 3 is 2.46 bits per heavy atom. The molecule has 0 unspecified atom stereocenters. The van der Waals surface area contributed by atoms with E-state index in [1.165, 1.54) is 11.8 Å². The molecule has 2 aromatic carbocycles. The van der Waals surface area contributed by atoms with Crippen LogP contribution < -0.4 is 10.6 Å². The van der Waals surface area contributed by atoms with Gasteiger partial charge < -0.3 is 20.8 Å². The third kappa shape index (κ3) is 7.12. The molecule has 3 aromatic rings. The maximum absolute atomic E-state index is 10.6. The maximum Gasteiger partial charge on any atom is 0.490 e. The number of para-hydroxylation sites is 1. The molecule has 180 valence electrons. The molecule has 4 N–H and O–H groups in total. The third-order valence-electron chi connectivity index (χ3n) is 4.47. The van der Waals surface area contributed by atoms with E-state index in [1.807, 2.05) is 36.4 Å². The molecule has 0 atom stereocenters. The summed E-state index contributed by atoms with van der Waals surface area (Å²) in [7, 11) is 0. The molecule has 1 aromatic heterocycles. The number of thioether (sulfide) groups is 1. The van der Waals surface area contributed by atoms with Crippen molar-refractivity contribution in [3.63, 3.8) is 0 Å². The van der Waals surface area contributed by atoms with Crippen LogP contribution in [0.15, 0.2) is 70.7 Å². The summed E-state index contributed by atoms with van der Waals surface area (Å²) in [5.74, 6) is -2.03. The van der Waals surface area contributed by atoms with Gasteiger partial charge in [0, 0.05) is 17.6 Å². The predicted molar refractivity (Wildman–Crippen MR) is 124 cm³/mol. The highest BCUT2D eigenvalue weighted by Crippen LogP contribution is 2.43. The van der Waals surface area contributed by atoms with E-state index in [1.54, 1.807) is 24.4 Å². The number of nitrogens with zero attached hydrogens (tertiary/aromatic N) is 3. The minimum absolute atomic E-state index is 0.255. The normalized spacial score (nSPS) is 13.4. The molecule has 12 heteroatoms. The largest absolute Gasteiger partial charge is 0.508 e. The lowest BCUT2D eigenvalue weighted by molar-refractivity contribution is -0.192. The number of halogens is 3. The summed E-state index contributed by atoms with van der Waals surface area (Å²) in [4.78, 5) is 18.7. The minimum Gasteiger partial charge on any atom is -0.508 e. The Hall–Kier alpha value is -4.24. The number of carboxylic acids is 1. The summed E-state index contributed by atoms with van der Waals surface area (Å²) >= 11 is 1.53. The van der Waals surface area contributed by atoms with E-state index < -0.39 is 12.1 Å². The summed E-state index contributed by atoms with van der Waals surface area (Å²) in [6.45, 7) is 0.644. The van der Waals surface area contributed by atoms with Crippen LogP contribution in [0.4, 0.5) is 24.8 Å². The van der Waals surface area contributed by atoms with E-state index in [0.717, 1.165) is 27.6 Å². The highest BCUT2D eigenvalue weighted by atomic mass is 32.2. The molecule has 1 aliphatic heterocycles. The van der Waals surface area contributed by atoms with Crippen LogP contribution in [0.5, 0.6) is 5.75 Å². The number of fused-ring (bicyclic) bond motifs is 1. The van der Waals surface area contributed by atoms with Crippen LogP contribution in [-0.4, -0.2) is 38.9 Å². The molecule has 2 heterocycles. The molecule has 0 saturated carbocycles. The number of hydrogen-bond donors (Lipinski definition) is 4. The zero-order valence-corrected chi connectivity index (χ0v) is 18.7. The molecule has 4 rings (SSSR count). The first-order valence-corrected chi connectivity index (χ1v) is 10.8. The molecule has 0 amide bonds. The lowest BCUT2D eigenvalue weighted by Gasteiger charge is -2.08. The third-order valence-corrected chi connectivity index (χ3v) is 5.56. The second-order valence-electron chi connectivity index (χ2n) is 6.95. The van der Waals surface area contributed by atoms with Gasteiger partial charge in [0.05, 0.1) is 16.4 Å². The van der Waals surface area contributed by atoms with Crippen LogP contribution in [0, 0.1) is 11.3 Å². The number of allylic oxidation sites excluding steroid dienone is 1. The van der Waals surface area contributed by atoms with Crippen LogP contribution in [0.1, 0.15) is 11.3 Å². The van der Waals surface area contributed by atoms with Crippen molar-refractivity contribution in [1.29, 1.82) is 5.26 Å². The SMILES string of the molecule is N#C/C(=C1/Nc2ccccc2S1)c1ccnc(NCCc2ccc(O)cc2)n1.O=C(O)C(F)(F)F. The number of anilines is 2. The molecule has 0 bridgehead atoms. The Labute approximate surface area is 202 Å². The van der Waals surface area contributed by atoms with Gasteiger partial charge in [-0.3, -0.25) is 0 Å². The quantitative estimate of drug-likeness (QED) is 0.361. The molecule has 35 heavy (non-hydrogen) atoms. The number of nitrogens with one attached hydrogen (secondary N) is 2. The summed E-state index contributed by atoms with van der Waals surface area (Å²) < 4.78 is 31.7. The fraction of sp³-hybridized carbons (Fsp3) is 0.130. The molecule has 0 fully saturated rings. The highest BCUT2D eigenvalue weighted by Gasteiger charge is 2.38. The number of rotatable bonds is 5. The number of aromatic nitrogens is 2. The maximum atomic E-state index is 10.6. The van der Waals surface area contributed by atoms with Crippen molar-refractivity contribution in [3.8, 4) is 11.8 Å². The number of aliphatic carboxylic acids is 1. The van der Waals surface area contributed by atoms with Crippen LogP contribution in [-0.2, 0) is 11.2 Å². The number of carbonyl (C=O) groups is 1. The summed E-state index contributed by atoms with van der Waals surface area (Å²) in [6.07, 6.45) is -2.66. The molecule has 8 nitrogen and oxygen atoms in total. The Balaban J connectivity index is 0.000000429. The van der Waals surface area contributed by atoms with Gasteiger partial charge in [-0.1, -0.05) is 36.0 Å². The second kappa shape index (κ2) is 11.3. The van der Waals surface area contributed by atoms with Gasteiger partial charge in [0.1, 0.15) is 17.4 Å². The van der Waals surface area contributed by atoms with Crippen molar-refractivity contribution >= 4 is 34.9 Å². The average Bonchev–Trinajstić information content (AvgIpc) is 3.25. The smallest absolute Gasteiger partial charge is 0.490 e. The molecular formula is C23H18F3N5O3S. The number of phenolic OH excluding ortho intramolecular Hbond substituents is 1. The number of nitriles is 1. The standard InChI is InChI=1S/C21H17N5OS.C2HF3O2/c22-13-16(20-25-18-3-1-2-4-19(18)28-20)17-10-12-24-21(26-17)23-11-9-14-5-7-15(27)8-6-14;3-2(4,5)1(6)7/h1-8,10,12,25,27H,9,11H2,(H,23,24,26);(H,6,7)/b20-16+;.